The number of tetrazole rings is 1. The monoisotopic (exact) mass is 419 g/mol. The van der Waals surface area contributed by atoms with Crippen LogP contribution in [0.1, 0.15) is 25.7 Å². The fourth-order valence-electron chi connectivity index (χ4n) is 3.43. The van der Waals surface area contributed by atoms with E-state index in [-0.39, 0.29) is 5.91 Å². The zero-order valence-corrected chi connectivity index (χ0v) is 17.3. The molecule has 4 heterocycles. The Bertz CT molecular complexity index is 1290. The SMILES string of the molecule is Cc1ccc2cc(CN(Cc3cccs3)C(=O)c3cccs3)c3nnnn3c2c1. The number of carbonyl (C=O) groups excluding carboxylic acids is 1. The number of hydrogen-bond donors (Lipinski definition) is 0. The van der Waals surface area contributed by atoms with Crippen LogP contribution in [0.15, 0.2) is 59.3 Å². The van der Waals surface area contributed by atoms with E-state index in [2.05, 4.69) is 45.9 Å². The van der Waals surface area contributed by atoms with Crippen molar-refractivity contribution in [2.45, 2.75) is 20.0 Å². The van der Waals surface area contributed by atoms with Crippen LogP contribution in [-0.4, -0.2) is 30.8 Å². The molecule has 1 amide bonds. The molecule has 0 unspecified atom stereocenters. The number of fused-ring (bicyclic) bond motifs is 3. The van der Waals surface area contributed by atoms with Gasteiger partial charge >= 0.3 is 0 Å². The smallest absolute Gasteiger partial charge is 0.264 e. The molecule has 0 saturated heterocycles. The van der Waals surface area contributed by atoms with Crippen molar-refractivity contribution in [3.05, 3.63) is 80.2 Å². The van der Waals surface area contributed by atoms with Crippen molar-refractivity contribution in [3.63, 3.8) is 0 Å². The van der Waals surface area contributed by atoms with E-state index in [1.807, 2.05) is 40.8 Å². The molecule has 0 saturated carbocycles. The summed E-state index contributed by atoms with van der Waals surface area (Å²) in [5.41, 5.74) is 3.71. The van der Waals surface area contributed by atoms with Gasteiger partial charge in [0.05, 0.1) is 23.5 Å². The average Bonchev–Trinajstić information content (AvgIpc) is 3.49. The summed E-state index contributed by atoms with van der Waals surface area (Å²) in [7, 11) is 0. The Morgan fingerprint density at radius 3 is 2.72 bits per heavy atom. The molecule has 0 aliphatic carbocycles. The Morgan fingerprint density at radius 2 is 1.93 bits per heavy atom. The summed E-state index contributed by atoms with van der Waals surface area (Å²) in [6.07, 6.45) is 0. The van der Waals surface area contributed by atoms with Gasteiger partial charge in [0, 0.05) is 15.8 Å². The normalized spacial score (nSPS) is 11.3. The molecule has 4 aromatic heterocycles. The molecule has 0 fully saturated rings. The van der Waals surface area contributed by atoms with Crippen LogP contribution in [-0.2, 0) is 13.1 Å². The topological polar surface area (TPSA) is 63.4 Å². The number of hydrogen-bond acceptors (Lipinski definition) is 6. The number of carbonyl (C=O) groups is 1. The fraction of sp³-hybridized carbons (Fsp3) is 0.143. The van der Waals surface area contributed by atoms with E-state index >= 15 is 0 Å². The van der Waals surface area contributed by atoms with E-state index in [0.717, 1.165) is 31.8 Å². The van der Waals surface area contributed by atoms with Crippen molar-refractivity contribution in [1.82, 2.24) is 24.9 Å². The van der Waals surface area contributed by atoms with Gasteiger partial charge in [0.15, 0.2) is 5.65 Å². The van der Waals surface area contributed by atoms with Gasteiger partial charge in [-0.3, -0.25) is 4.79 Å². The van der Waals surface area contributed by atoms with Gasteiger partial charge in [-0.25, -0.2) is 0 Å². The van der Waals surface area contributed by atoms with E-state index < -0.39 is 0 Å². The van der Waals surface area contributed by atoms with Gasteiger partial charge in [-0.1, -0.05) is 24.3 Å². The van der Waals surface area contributed by atoms with Crippen LogP contribution < -0.4 is 0 Å². The summed E-state index contributed by atoms with van der Waals surface area (Å²) in [6.45, 7) is 3.03. The van der Waals surface area contributed by atoms with Crippen molar-refractivity contribution in [3.8, 4) is 0 Å². The number of nitrogens with zero attached hydrogens (tertiary/aromatic N) is 5. The fourth-order valence-corrected chi connectivity index (χ4v) is 4.84. The highest BCUT2D eigenvalue weighted by Gasteiger charge is 2.21. The van der Waals surface area contributed by atoms with Crippen molar-refractivity contribution in [1.29, 1.82) is 0 Å². The third-order valence-electron chi connectivity index (χ3n) is 4.81. The van der Waals surface area contributed by atoms with Crippen LogP contribution in [0.5, 0.6) is 0 Å². The number of aryl methyl sites for hydroxylation is 1. The lowest BCUT2D eigenvalue weighted by molar-refractivity contribution is 0.0737. The first-order valence-corrected chi connectivity index (χ1v) is 10.9. The van der Waals surface area contributed by atoms with Crippen LogP contribution in [0.25, 0.3) is 16.6 Å². The molecule has 0 aliphatic rings. The number of aromatic nitrogens is 4. The Kier molecular flexibility index (Phi) is 4.57. The molecule has 0 atom stereocenters. The van der Waals surface area contributed by atoms with Gasteiger partial charge in [-0.15, -0.1) is 27.8 Å². The Balaban J connectivity index is 1.58. The summed E-state index contributed by atoms with van der Waals surface area (Å²) >= 11 is 3.11. The zero-order chi connectivity index (χ0) is 19.8. The lowest BCUT2D eigenvalue weighted by atomic mass is 10.1. The summed E-state index contributed by atoms with van der Waals surface area (Å²) in [4.78, 5) is 16.9. The van der Waals surface area contributed by atoms with Gasteiger partial charge in [-0.2, -0.15) is 4.52 Å². The van der Waals surface area contributed by atoms with Crippen LogP contribution in [0.4, 0.5) is 0 Å². The molecule has 0 bridgehead atoms. The minimum atomic E-state index is 0.0167. The number of thiophene rings is 2. The molecule has 6 nitrogen and oxygen atoms in total. The Labute approximate surface area is 175 Å². The predicted molar refractivity (Wildman–Crippen MR) is 115 cm³/mol. The summed E-state index contributed by atoms with van der Waals surface area (Å²) < 4.78 is 1.76. The molecule has 0 radical (unpaired) electrons. The van der Waals surface area contributed by atoms with Gasteiger partial charge in [-0.05, 0) is 57.9 Å². The van der Waals surface area contributed by atoms with Crippen molar-refractivity contribution in [2.75, 3.05) is 0 Å². The van der Waals surface area contributed by atoms with Crippen molar-refractivity contribution >= 4 is 45.1 Å². The van der Waals surface area contributed by atoms with Crippen LogP contribution >= 0.6 is 22.7 Å². The Morgan fingerprint density at radius 1 is 1.07 bits per heavy atom. The Hall–Kier alpha value is -3.10. The molecule has 8 heteroatoms. The van der Waals surface area contributed by atoms with E-state index in [1.54, 1.807) is 15.9 Å². The molecular formula is C21H17N5OS2. The summed E-state index contributed by atoms with van der Waals surface area (Å²) in [5, 5.41) is 17.3. The number of amides is 1. The molecule has 1 aromatic carbocycles. The van der Waals surface area contributed by atoms with Gasteiger partial charge in [0.1, 0.15) is 0 Å². The number of benzene rings is 1. The molecule has 0 N–H and O–H groups in total. The maximum absolute atomic E-state index is 13.2. The highest BCUT2D eigenvalue weighted by molar-refractivity contribution is 7.12. The maximum Gasteiger partial charge on any atom is 0.264 e. The van der Waals surface area contributed by atoms with E-state index in [9.17, 15) is 4.79 Å². The predicted octanol–water partition coefficient (Wildman–Crippen LogP) is 4.55. The second-order valence-electron chi connectivity index (χ2n) is 6.86. The lowest BCUT2D eigenvalue weighted by Gasteiger charge is -2.22. The van der Waals surface area contributed by atoms with Crippen LogP contribution in [0.3, 0.4) is 0 Å². The van der Waals surface area contributed by atoms with Crippen molar-refractivity contribution < 1.29 is 4.79 Å². The third kappa shape index (κ3) is 3.41. The largest absolute Gasteiger partial charge is 0.328 e. The second kappa shape index (κ2) is 7.38. The summed E-state index contributed by atoms with van der Waals surface area (Å²) in [5.74, 6) is 0.0167. The van der Waals surface area contributed by atoms with Gasteiger partial charge in [0.2, 0.25) is 0 Å². The first kappa shape index (κ1) is 18.0. The van der Waals surface area contributed by atoms with Crippen LogP contribution in [0.2, 0.25) is 0 Å². The lowest BCUT2D eigenvalue weighted by Crippen LogP contribution is -2.29. The number of pyridine rings is 1. The third-order valence-corrected chi connectivity index (χ3v) is 6.53. The van der Waals surface area contributed by atoms with E-state index in [0.29, 0.717) is 18.7 Å². The maximum atomic E-state index is 13.2. The molecule has 144 valence electrons. The highest BCUT2D eigenvalue weighted by Crippen LogP contribution is 2.24. The molecule has 0 spiro atoms. The summed E-state index contributed by atoms with van der Waals surface area (Å²) in [6, 6.07) is 16.1. The minimum absolute atomic E-state index is 0.0167. The molecule has 0 aliphatic heterocycles. The van der Waals surface area contributed by atoms with E-state index in [1.165, 1.54) is 11.3 Å². The van der Waals surface area contributed by atoms with Crippen molar-refractivity contribution in [2.24, 2.45) is 0 Å². The quantitative estimate of drug-likeness (QED) is 0.419. The first-order valence-electron chi connectivity index (χ1n) is 9.14. The highest BCUT2D eigenvalue weighted by atomic mass is 32.1. The first-order chi connectivity index (χ1) is 14.2. The standard InChI is InChI=1S/C21H17N5OS2/c1-14-6-7-15-11-16(20-22-23-24-26(20)18(15)10-14)12-25(13-17-4-2-8-28-17)21(27)19-5-3-9-29-19/h2-11H,12-13H2,1H3. The van der Waals surface area contributed by atoms with Crippen LogP contribution in [0, 0.1) is 6.92 Å². The molecular weight excluding hydrogens is 402 g/mol. The second-order valence-corrected chi connectivity index (χ2v) is 8.84. The zero-order valence-electron chi connectivity index (χ0n) is 15.6. The molecule has 29 heavy (non-hydrogen) atoms. The molecule has 5 aromatic rings. The minimum Gasteiger partial charge on any atom is -0.328 e. The van der Waals surface area contributed by atoms with Gasteiger partial charge < -0.3 is 4.90 Å². The average molecular weight is 420 g/mol. The number of rotatable bonds is 5. The van der Waals surface area contributed by atoms with Gasteiger partial charge in [0.25, 0.3) is 5.91 Å². The molecule has 5 rings (SSSR count). The van der Waals surface area contributed by atoms with E-state index in [4.69, 9.17) is 0 Å².